The van der Waals surface area contributed by atoms with Crippen molar-refractivity contribution in [1.82, 2.24) is 9.97 Å². The SMILES string of the molecule is COC1(c2nc(=S)cc(-c3ccccc3)[nH]2)CCOCC1. The minimum absolute atomic E-state index is 0.434. The highest BCUT2D eigenvalue weighted by Gasteiger charge is 2.37. The Hall–Kier alpha value is -1.56. The molecule has 2 aromatic rings. The molecule has 0 atom stereocenters. The van der Waals surface area contributed by atoms with Gasteiger partial charge in [0.2, 0.25) is 0 Å². The van der Waals surface area contributed by atoms with Gasteiger partial charge < -0.3 is 14.5 Å². The number of nitrogens with one attached hydrogen (secondary N) is 1. The van der Waals surface area contributed by atoms with Crippen LogP contribution >= 0.6 is 12.2 Å². The van der Waals surface area contributed by atoms with Crippen molar-refractivity contribution in [2.45, 2.75) is 18.4 Å². The minimum Gasteiger partial charge on any atom is -0.381 e. The molecule has 1 N–H and O–H groups in total. The predicted octanol–water partition coefficient (Wildman–Crippen LogP) is 3.46. The molecule has 21 heavy (non-hydrogen) atoms. The molecule has 0 bridgehead atoms. The first-order valence-corrected chi connectivity index (χ1v) is 7.44. The molecular weight excluding hydrogens is 284 g/mol. The Labute approximate surface area is 129 Å². The van der Waals surface area contributed by atoms with Gasteiger partial charge in [-0.25, -0.2) is 4.98 Å². The largest absolute Gasteiger partial charge is 0.381 e. The third-order valence-electron chi connectivity index (χ3n) is 3.95. The van der Waals surface area contributed by atoms with Crippen LogP contribution in [0.4, 0.5) is 0 Å². The molecule has 0 saturated carbocycles. The van der Waals surface area contributed by atoms with Crippen LogP contribution in [-0.4, -0.2) is 30.3 Å². The van der Waals surface area contributed by atoms with Crippen molar-refractivity contribution in [3.05, 3.63) is 46.9 Å². The average molecular weight is 302 g/mol. The Morgan fingerprint density at radius 2 is 1.95 bits per heavy atom. The van der Waals surface area contributed by atoms with Crippen LogP contribution < -0.4 is 0 Å². The zero-order valence-electron chi connectivity index (χ0n) is 12.0. The second-order valence-electron chi connectivity index (χ2n) is 5.16. The Morgan fingerprint density at radius 1 is 1.24 bits per heavy atom. The summed E-state index contributed by atoms with van der Waals surface area (Å²) in [5.74, 6) is 0.791. The number of aromatic nitrogens is 2. The number of rotatable bonds is 3. The van der Waals surface area contributed by atoms with Crippen molar-refractivity contribution < 1.29 is 9.47 Å². The lowest BCUT2D eigenvalue weighted by molar-refractivity contribution is -0.1000. The van der Waals surface area contributed by atoms with Crippen molar-refractivity contribution in [1.29, 1.82) is 0 Å². The maximum absolute atomic E-state index is 5.79. The number of nitrogens with zero attached hydrogens (tertiary/aromatic N) is 1. The molecule has 1 aromatic heterocycles. The maximum Gasteiger partial charge on any atom is 0.140 e. The van der Waals surface area contributed by atoms with Crippen LogP contribution in [-0.2, 0) is 15.1 Å². The summed E-state index contributed by atoms with van der Waals surface area (Å²) in [6.45, 7) is 1.34. The molecule has 1 fully saturated rings. The van der Waals surface area contributed by atoms with Crippen LogP contribution in [0, 0.1) is 4.64 Å². The number of methoxy groups -OCH3 is 1. The van der Waals surface area contributed by atoms with Crippen molar-refractivity contribution in [2.75, 3.05) is 20.3 Å². The van der Waals surface area contributed by atoms with Gasteiger partial charge in [-0.1, -0.05) is 42.5 Å². The summed E-state index contributed by atoms with van der Waals surface area (Å²) >= 11 is 5.34. The summed E-state index contributed by atoms with van der Waals surface area (Å²) in [5.41, 5.74) is 1.62. The first-order valence-electron chi connectivity index (χ1n) is 7.04. The molecular formula is C16H18N2O2S. The monoisotopic (exact) mass is 302 g/mol. The second-order valence-corrected chi connectivity index (χ2v) is 5.58. The van der Waals surface area contributed by atoms with E-state index >= 15 is 0 Å². The van der Waals surface area contributed by atoms with Gasteiger partial charge in [-0.05, 0) is 11.6 Å². The first kappa shape index (κ1) is 14.4. The minimum atomic E-state index is -0.434. The first-order chi connectivity index (χ1) is 10.2. The van der Waals surface area contributed by atoms with E-state index in [2.05, 4.69) is 9.97 Å². The Bertz CT molecular complexity index is 663. The molecule has 1 saturated heterocycles. The van der Waals surface area contributed by atoms with E-state index < -0.39 is 5.60 Å². The number of aromatic amines is 1. The summed E-state index contributed by atoms with van der Waals surface area (Å²) in [6.07, 6.45) is 1.56. The van der Waals surface area contributed by atoms with E-state index in [0.29, 0.717) is 17.9 Å². The van der Waals surface area contributed by atoms with Crippen LogP contribution in [0.3, 0.4) is 0 Å². The normalized spacial score (nSPS) is 17.6. The molecule has 3 rings (SSSR count). The molecule has 4 nitrogen and oxygen atoms in total. The fraction of sp³-hybridized carbons (Fsp3) is 0.375. The smallest absolute Gasteiger partial charge is 0.140 e. The molecule has 0 unspecified atom stereocenters. The fourth-order valence-electron chi connectivity index (χ4n) is 2.69. The number of hydrogen-bond acceptors (Lipinski definition) is 4. The summed E-state index contributed by atoms with van der Waals surface area (Å²) in [7, 11) is 1.72. The predicted molar refractivity (Wildman–Crippen MR) is 83.6 cm³/mol. The molecule has 0 spiro atoms. The molecule has 0 aliphatic carbocycles. The van der Waals surface area contributed by atoms with Gasteiger partial charge in [-0.2, -0.15) is 0 Å². The zero-order chi connectivity index (χ0) is 14.7. The molecule has 0 amide bonds. The number of hydrogen-bond donors (Lipinski definition) is 1. The Kier molecular flexibility index (Phi) is 4.14. The van der Waals surface area contributed by atoms with Crippen LogP contribution in [0.1, 0.15) is 18.7 Å². The van der Waals surface area contributed by atoms with Crippen molar-refractivity contribution in [3.63, 3.8) is 0 Å². The van der Waals surface area contributed by atoms with Crippen molar-refractivity contribution >= 4 is 12.2 Å². The molecule has 1 aromatic carbocycles. The summed E-state index contributed by atoms with van der Waals surface area (Å²) in [5, 5.41) is 0. The Morgan fingerprint density at radius 3 is 2.62 bits per heavy atom. The lowest BCUT2D eigenvalue weighted by atomic mass is 9.93. The quantitative estimate of drug-likeness (QED) is 0.882. The summed E-state index contributed by atoms with van der Waals surface area (Å²) in [4.78, 5) is 7.91. The Balaban J connectivity index is 2.07. The molecule has 0 radical (unpaired) electrons. The average Bonchev–Trinajstić information content (AvgIpc) is 2.56. The van der Waals surface area contributed by atoms with E-state index in [0.717, 1.165) is 29.9 Å². The zero-order valence-corrected chi connectivity index (χ0v) is 12.8. The summed E-state index contributed by atoms with van der Waals surface area (Å²) < 4.78 is 11.8. The van der Waals surface area contributed by atoms with Crippen LogP contribution in [0.25, 0.3) is 11.3 Å². The number of H-pyrrole nitrogens is 1. The number of ether oxygens (including phenoxy) is 2. The lowest BCUT2D eigenvalue weighted by Gasteiger charge is -2.35. The third-order valence-corrected chi connectivity index (χ3v) is 4.16. The molecule has 110 valence electrons. The van der Waals surface area contributed by atoms with Crippen molar-refractivity contribution in [2.24, 2.45) is 0 Å². The maximum atomic E-state index is 5.79. The van der Waals surface area contributed by atoms with E-state index in [4.69, 9.17) is 21.7 Å². The van der Waals surface area contributed by atoms with Gasteiger partial charge >= 0.3 is 0 Å². The van der Waals surface area contributed by atoms with Gasteiger partial charge in [0.05, 0.1) is 0 Å². The van der Waals surface area contributed by atoms with Crippen LogP contribution in [0.15, 0.2) is 36.4 Å². The number of benzene rings is 1. The van der Waals surface area contributed by atoms with E-state index in [1.165, 1.54) is 0 Å². The van der Waals surface area contributed by atoms with Gasteiger partial charge in [0.15, 0.2) is 0 Å². The second kappa shape index (κ2) is 6.05. The van der Waals surface area contributed by atoms with Crippen LogP contribution in [0.2, 0.25) is 0 Å². The van der Waals surface area contributed by atoms with Gasteiger partial charge in [-0.15, -0.1) is 0 Å². The molecule has 1 aliphatic rings. The topological polar surface area (TPSA) is 47.1 Å². The fourth-order valence-corrected chi connectivity index (χ4v) is 2.89. The van der Waals surface area contributed by atoms with Gasteiger partial charge in [0, 0.05) is 38.9 Å². The van der Waals surface area contributed by atoms with E-state index in [9.17, 15) is 0 Å². The molecule has 5 heteroatoms. The highest BCUT2D eigenvalue weighted by atomic mass is 32.1. The summed E-state index contributed by atoms with van der Waals surface area (Å²) in [6, 6.07) is 12.0. The van der Waals surface area contributed by atoms with Gasteiger partial charge in [0.25, 0.3) is 0 Å². The van der Waals surface area contributed by atoms with Crippen molar-refractivity contribution in [3.8, 4) is 11.3 Å². The standard InChI is InChI=1S/C16H18N2O2S/c1-19-16(7-9-20-10-8-16)15-17-13(11-14(21)18-15)12-5-3-2-4-6-12/h2-6,11H,7-10H2,1H3,(H,17,18,21). The van der Waals surface area contributed by atoms with E-state index in [-0.39, 0.29) is 0 Å². The lowest BCUT2D eigenvalue weighted by Crippen LogP contribution is -2.37. The van der Waals surface area contributed by atoms with Gasteiger partial charge in [-0.3, -0.25) is 0 Å². The van der Waals surface area contributed by atoms with E-state index in [1.807, 2.05) is 36.4 Å². The molecule has 2 heterocycles. The highest BCUT2D eigenvalue weighted by Crippen LogP contribution is 2.34. The van der Waals surface area contributed by atoms with Gasteiger partial charge in [0.1, 0.15) is 16.1 Å². The highest BCUT2D eigenvalue weighted by molar-refractivity contribution is 7.71. The van der Waals surface area contributed by atoms with E-state index in [1.54, 1.807) is 7.11 Å². The third kappa shape index (κ3) is 2.90. The molecule has 1 aliphatic heterocycles. The van der Waals surface area contributed by atoms with Crippen LogP contribution in [0.5, 0.6) is 0 Å².